The maximum Gasteiger partial charge on any atom is 0.0772 e. The third-order valence-corrected chi connectivity index (χ3v) is 4.14. The molecule has 0 spiro atoms. The summed E-state index contributed by atoms with van der Waals surface area (Å²) < 4.78 is 0. The van der Waals surface area contributed by atoms with Gasteiger partial charge in [0.05, 0.1) is 17.9 Å². The number of hydrazine groups is 1. The summed E-state index contributed by atoms with van der Waals surface area (Å²) in [6.45, 7) is 2.27. The number of nitrogens with one attached hydrogen (secondary N) is 1. The van der Waals surface area contributed by atoms with Gasteiger partial charge in [0.2, 0.25) is 0 Å². The molecule has 1 fully saturated rings. The Bertz CT molecular complexity index is 333. The van der Waals surface area contributed by atoms with Gasteiger partial charge in [-0.15, -0.1) is 0 Å². The lowest BCUT2D eigenvalue weighted by Crippen LogP contribution is -2.36. The Balaban J connectivity index is 1.95. The first kappa shape index (κ1) is 13.4. The summed E-state index contributed by atoms with van der Waals surface area (Å²) in [4.78, 5) is 8.51. The van der Waals surface area contributed by atoms with Crippen LogP contribution in [-0.4, -0.2) is 9.97 Å². The third-order valence-electron chi connectivity index (χ3n) is 4.14. The Morgan fingerprint density at radius 2 is 2.11 bits per heavy atom. The van der Waals surface area contributed by atoms with E-state index < -0.39 is 0 Å². The van der Waals surface area contributed by atoms with Crippen molar-refractivity contribution in [1.29, 1.82) is 0 Å². The lowest BCUT2D eigenvalue weighted by molar-refractivity contribution is 0.212. The zero-order valence-electron chi connectivity index (χ0n) is 11.2. The topological polar surface area (TPSA) is 63.8 Å². The summed E-state index contributed by atoms with van der Waals surface area (Å²) in [6, 6.07) is 0.154. The van der Waals surface area contributed by atoms with Crippen LogP contribution in [-0.2, 0) is 0 Å². The van der Waals surface area contributed by atoms with Gasteiger partial charge in [-0.2, -0.15) is 0 Å². The third kappa shape index (κ3) is 3.27. The van der Waals surface area contributed by atoms with Gasteiger partial charge in [0, 0.05) is 12.4 Å². The molecule has 0 aliphatic heterocycles. The average Bonchev–Trinajstić information content (AvgIpc) is 2.43. The average molecular weight is 248 g/mol. The van der Waals surface area contributed by atoms with E-state index >= 15 is 0 Å². The van der Waals surface area contributed by atoms with E-state index in [-0.39, 0.29) is 6.04 Å². The van der Waals surface area contributed by atoms with Gasteiger partial charge >= 0.3 is 0 Å². The molecule has 1 saturated carbocycles. The van der Waals surface area contributed by atoms with Gasteiger partial charge in [-0.25, -0.2) is 0 Å². The molecule has 1 aliphatic rings. The molecule has 1 unspecified atom stereocenters. The quantitative estimate of drug-likeness (QED) is 0.621. The van der Waals surface area contributed by atoms with E-state index in [2.05, 4.69) is 22.3 Å². The molecule has 0 saturated heterocycles. The first-order chi connectivity index (χ1) is 8.85. The van der Waals surface area contributed by atoms with Gasteiger partial charge in [-0.05, 0) is 24.7 Å². The van der Waals surface area contributed by atoms with Crippen LogP contribution < -0.4 is 11.3 Å². The highest BCUT2D eigenvalue weighted by molar-refractivity contribution is 5.04. The predicted octanol–water partition coefficient (Wildman–Crippen LogP) is 2.59. The Kier molecular flexibility index (Phi) is 5.08. The number of hydrogen-bond acceptors (Lipinski definition) is 4. The molecule has 1 heterocycles. The molecule has 0 bridgehead atoms. The monoisotopic (exact) mass is 248 g/mol. The summed E-state index contributed by atoms with van der Waals surface area (Å²) in [7, 11) is 0. The highest BCUT2D eigenvalue weighted by Crippen LogP contribution is 2.37. The van der Waals surface area contributed by atoms with E-state index in [0.717, 1.165) is 11.6 Å². The number of hydrogen-bond donors (Lipinski definition) is 2. The molecule has 100 valence electrons. The lowest BCUT2D eigenvalue weighted by Gasteiger charge is -2.33. The van der Waals surface area contributed by atoms with Crippen molar-refractivity contribution < 1.29 is 0 Å². The van der Waals surface area contributed by atoms with Crippen molar-refractivity contribution in [2.45, 2.75) is 51.5 Å². The molecule has 0 radical (unpaired) electrons. The van der Waals surface area contributed by atoms with Gasteiger partial charge in [-0.3, -0.25) is 21.2 Å². The number of rotatable bonds is 5. The fourth-order valence-corrected chi connectivity index (χ4v) is 3.15. The SMILES string of the molecule is CCCC1CCC(C(NN)c2cnccn2)CC1. The Hall–Kier alpha value is -1.00. The van der Waals surface area contributed by atoms with Gasteiger partial charge < -0.3 is 0 Å². The zero-order valence-corrected chi connectivity index (χ0v) is 11.2. The number of nitrogens with two attached hydrogens (primary N) is 1. The normalized spacial score (nSPS) is 25.9. The fourth-order valence-electron chi connectivity index (χ4n) is 3.15. The van der Waals surface area contributed by atoms with Crippen LogP contribution >= 0.6 is 0 Å². The molecule has 2 rings (SSSR count). The van der Waals surface area contributed by atoms with E-state index in [9.17, 15) is 0 Å². The lowest BCUT2D eigenvalue weighted by atomic mass is 9.76. The Morgan fingerprint density at radius 1 is 1.33 bits per heavy atom. The Morgan fingerprint density at radius 3 is 2.67 bits per heavy atom. The fraction of sp³-hybridized carbons (Fsp3) is 0.714. The maximum absolute atomic E-state index is 5.71. The molecular formula is C14H24N4. The van der Waals surface area contributed by atoms with Crippen LogP contribution in [0.5, 0.6) is 0 Å². The second-order valence-electron chi connectivity index (χ2n) is 5.34. The standard InChI is InChI=1S/C14H24N4/c1-2-3-11-4-6-12(7-5-11)14(18-15)13-10-16-8-9-17-13/h8-12,14,18H,2-7,15H2,1H3. The minimum absolute atomic E-state index is 0.154. The second kappa shape index (κ2) is 6.81. The summed E-state index contributed by atoms with van der Waals surface area (Å²) >= 11 is 0. The van der Waals surface area contributed by atoms with Crippen LogP contribution in [0.1, 0.15) is 57.2 Å². The molecule has 0 aromatic carbocycles. The summed E-state index contributed by atoms with van der Waals surface area (Å²) in [5, 5.41) is 0. The first-order valence-electron chi connectivity index (χ1n) is 7.07. The van der Waals surface area contributed by atoms with Gasteiger partial charge in [0.15, 0.2) is 0 Å². The predicted molar refractivity (Wildman–Crippen MR) is 72.5 cm³/mol. The smallest absolute Gasteiger partial charge is 0.0772 e. The van der Waals surface area contributed by atoms with Crippen molar-refractivity contribution in [3.8, 4) is 0 Å². The van der Waals surface area contributed by atoms with E-state index in [1.165, 1.54) is 38.5 Å². The molecule has 1 aromatic rings. The highest BCUT2D eigenvalue weighted by atomic mass is 15.2. The van der Waals surface area contributed by atoms with E-state index in [4.69, 9.17) is 5.84 Å². The summed E-state index contributed by atoms with van der Waals surface area (Å²) in [6.07, 6.45) is 13.1. The summed E-state index contributed by atoms with van der Waals surface area (Å²) in [5.41, 5.74) is 3.90. The van der Waals surface area contributed by atoms with Crippen molar-refractivity contribution >= 4 is 0 Å². The van der Waals surface area contributed by atoms with Gasteiger partial charge in [-0.1, -0.05) is 32.6 Å². The molecule has 0 amide bonds. The highest BCUT2D eigenvalue weighted by Gasteiger charge is 2.28. The van der Waals surface area contributed by atoms with Gasteiger partial charge in [0.25, 0.3) is 0 Å². The molecule has 4 nitrogen and oxygen atoms in total. The van der Waals surface area contributed by atoms with Crippen molar-refractivity contribution in [3.63, 3.8) is 0 Å². The summed E-state index contributed by atoms with van der Waals surface area (Å²) in [5.74, 6) is 7.23. The molecule has 3 N–H and O–H groups in total. The van der Waals surface area contributed by atoms with Crippen molar-refractivity contribution in [2.24, 2.45) is 17.7 Å². The van der Waals surface area contributed by atoms with Crippen LogP contribution in [0.3, 0.4) is 0 Å². The molecule has 1 atom stereocenters. The number of aromatic nitrogens is 2. The van der Waals surface area contributed by atoms with Crippen LogP contribution in [0, 0.1) is 11.8 Å². The van der Waals surface area contributed by atoms with Gasteiger partial charge in [0.1, 0.15) is 0 Å². The minimum atomic E-state index is 0.154. The van der Waals surface area contributed by atoms with Crippen LogP contribution in [0.2, 0.25) is 0 Å². The van der Waals surface area contributed by atoms with E-state index in [1.807, 2.05) is 6.20 Å². The van der Waals surface area contributed by atoms with Crippen LogP contribution in [0.25, 0.3) is 0 Å². The maximum atomic E-state index is 5.71. The second-order valence-corrected chi connectivity index (χ2v) is 5.34. The van der Waals surface area contributed by atoms with Crippen molar-refractivity contribution in [2.75, 3.05) is 0 Å². The largest absolute Gasteiger partial charge is 0.271 e. The molecule has 18 heavy (non-hydrogen) atoms. The molecule has 1 aromatic heterocycles. The van der Waals surface area contributed by atoms with Crippen molar-refractivity contribution in [3.05, 3.63) is 24.3 Å². The molecule has 1 aliphatic carbocycles. The minimum Gasteiger partial charge on any atom is -0.271 e. The van der Waals surface area contributed by atoms with Crippen LogP contribution in [0.4, 0.5) is 0 Å². The van der Waals surface area contributed by atoms with E-state index in [0.29, 0.717) is 5.92 Å². The Labute approximate surface area is 109 Å². The first-order valence-corrected chi connectivity index (χ1v) is 7.07. The molecule has 4 heteroatoms. The van der Waals surface area contributed by atoms with Crippen molar-refractivity contribution in [1.82, 2.24) is 15.4 Å². The zero-order chi connectivity index (χ0) is 12.8. The number of nitrogens with zero attached hydrogens (tertiary/aromatic N) is 2. The molecular weight excluding hydrogens is 224 g/mol. The van der Waals surface area contributed by atoms with Crippen LogP contribution in [0.15, 0.2) is 18.6 Å². The van der Waals surface area contributed by atoms with E-state index in [1.54, 1.807) is 12.4 Å².